The van der Waals surface area contributed by atoms with Crippen molar-refractivity contribution < 1.29 is 19.7 Å². The fourth-order valence-corrected chi connectivity index (χ4v) is 2.52. The van der Waals surface area contributed by atoms with Crippen LogP contribution in [0.4, 0.5) is 0 Å². The van der Waals surface area contributed by atoms with E-state index in [9.17, 15) is 15.0 Å². The van der Waals surface area contributed by atoms with Gasteiger partial charge in [-0.25, -0.2) is 0 Å². The van der Waals surface area contributed by atoms with Gasteiger partial charge in [0.25, 0.3) is 0 Å². The maximum Gasteiger partial charge on any atom is 0.247 e. The first kappa shape index (κ1) is 16.7. The average molecular weight is 309 g/mol. The lowest BCUT2D eigenvalue weighted by Gasteiger charge is -2.39. The molecule has 122 valence electrons. The Hall–Kier alpha value is -1.70. The molecule has 1 amide bonds. The number of amides is 1. The van der Waals surface area contributed by atoms with Crippen LogP contribution in [0, 0.1) is 0 Å². The van der Waals surface area contributed by atoms with Gasteiger partial charge in [-0.2, -0.15) is 5.10 Å². The van der Waals surface area contributed by atoms with Gasteiger partial charge in [0.05, 0.1) is 24.9 Å². The van der Waals surface area contributed by atoms with Crippen molar-refractivity contribution in [2.45, 2.75) is 31.6 Å². The molecule has 0 aliphatic carbocycles. The lowest BCUT2D eigenvalue weighted by Crippen LogP contribution is -2.57. The van der Waals surface area contributed by atoms with E-state index in [1.54, 1.807) is 35.0 Å². The molecule has 0 radical (unpaired) electrons. The fraction of sp³-hybridized carbons (Fsp3) is 0.600. The summed E-state index contributed by atoms with van der Waals surface area (Å²) in [6.07, 6.45) is 3.60. The summed E-state index contributed by atoms with van der Waals surface area (Å²) in [5.41, 5.74) is 0.810. The average Bonchev–Trinajstić information content (AvgIpc) is 2.91. The first-order valence-electron chi connectivity index (χ1n) is 7.45. The summed E-state index contributed by atoms with van der Waals surface area (Å²) in [6.45, 7) is 2.77. The van der Waals surface area contributed by atoms with Crippen molar-refractivity contribution in [1.82, 2.24) is 14.7 Å². The number of aryl methyl sites for hydroxylation is 1. The van der Waals surface area contributed by atoms with Crippen molar-refractivity contribution >= 4 is 12.0 Å². The highest BCUT2D eigenvalue weighted by Crippen LogP contribution is 2.16. The quantitative estimate of drug-likeness (QED) is 0.735. The van der Waals surface area contributed by atoms with E-state index in [0.29, 0.717) is 6.54 Å². The molecule has 2 rings (SSSR count). The third kappa shape index (κ3) is 3.73. The monoisotopic (exact) mass is 309 g/mol. The van der Waals surface area contributed by atoms with Gasteiger partial charge in [-0.15, -0.1) is 0 Å². The minimum absolute atomic E-state index is 0.0939. The van der Waals surface area contributed by atoms with Gasteiger partial charge in [0, 0.05) is 25.9 Å². The molecular formula is C15H23N3O4. The van der Waals surface area contributed by atoms with Crippen LogP contribution in [0.15, 0.2) is 18.3 Å². The number of hydrogen-bond donors (Lipinski definition) is 2. The minimum atomic E-state index is -0.991. The SMILES string of the molecule is CCCN(C(=O)/C=C/c1ccnn1C)[C@@H]1COC[C@@H](O)[C@H]1O. The molecule has 2 heterocycles. The van der Waals surface area contributed by atoms with Gasteiger partial charge in [0.1, 0.15) is 12.2 Å². The molecule has 1 aliphatic heterocycles. The smallest absolute Gasteiger partial charge is 0.247 e. The summed E-state index contributed by atoms with van der Waals surface area (Å²) in [7, 11) is 1.79. The predicted molar refractivity (Wildman–Crippen MR) is 80.9 cm³/mol. The van der Waals surface area contributed by atoms with Gasteiger partial charge in [-0.3, -0.25) is 9.48 Å². The van der Waals surface area contributed by atoms with Crippen LogP contribution >= 0.6 is 0 Å². The van der Waals surface area contributed by atoms with Crippen molar-refractivity contribution in [3.8, 4) is 0 Å². The third-order valence-electron chi connectivity index (χ3n) is 3.77. The van der Waals surface area contributed by atoms with E-state index in [-0.39, 0.29) is 19.1 Å². The van der Waals surface area contributed by atoms with Crippen LogP contribution in [-0.2, 0) is 16.6 Å². The number of hydrogen-bond acceptors (Lipinski definition) is 5. The van der Waals surface area contributed by atoms with E-state index in [2.05, 4.69) is 5.10 Å². The second-order valence-electron chi connectivity index (χ2n) is 5.41. The first-order valence-corrected chi connectivity index (χ1v) is 7.45. The standard InChI is InChI=1S/C15H23N3O4/c1-3-8-18(12-9-22-10-13(19)15(12)21)14(20)5-4-11-6-7-16-17(11)2/h4-7,12-13,15,19,21H,3,8-10H2,1-2H3/b5-4+/t12-,13-,15+/m1/s1. The fourth-order valence-electron chi connectivity index (χ4n) is 2.52. The van der Waals surface area contributed by atoms with Crippen LogP contribution in [-0.4, -0.2) is 68.8 Å². The van der Waals surface area contributed by atoms with Crippen molar-refractivity contribution in [1.29, 1.82) is 0 Å². The second kappa shape index (κ2) is 7.53. The Morgan fingerprint density at radius 3 is 2.95 bits per heavy atom. The van der Waals surface area contributed by atoms with Crippen LogP contribution in [0.3, 0.4) is 0 Å². The maximum absolute atomic E-state index is 12.5. The molecule has 7 heteroatoms. The molecule has 0 aromatic carbocycles. The summed E-state index contributed by atoms with van der Waals surface area (Å²) in [5.74, 6) is -0.218. The highest BCUT2D eigenvalue weighted by Gasteiger charge is 2.36. The van der Waals surface area contributed by atoms with Crippen molar-refractivity contribution in [2.75, 3.05) is 19.8 Å². The molecule has 2 N–H and O–H groups in total. The molecule has 0 unspecified atom stereocenters. The summed E-state index contributed by atoms with van der Waals surface area (Å²) >= 11 is 0. The third-order valence-corrected chi connectivity index (χ3v) is 3.77. The van der Waals surface area contributed by atoms with Crippen molar-refractivity contribution in [3.05, 3.63) is 24.0 Å². The van der Waals surface area contributed by atoms with Gasteiger partial charge in [-0.1, -0.05) is 6.92 Å². The zero-order valence-corrected chi connectivity index (χ0v) is 12.9. The highest BCUT2D eigenvalue weighted by molar-refractivity contribution is 5.91. The lowest BCUT2D eigenvalue weighted by molar-refractivity contribution is -0.152. The van der Waals surface area contributed by atoms with Crippen LogP contribution in [0.25, 0.3) is 6.08 Å². The van der Waals surface area contributed by atoms with Crippen LogP contribution < -0.4 is 0 Å². The van der Waals surface area contributed by atoms with E-state index in [1.807, 2.05) is 6.92 Å². The number of aliphatic hydroxyl groups excluding tert-OH is 2. The number of carbonyl (C=O) groups excluding carboxylic acids is 1. The molecule has 1 aromatic heterocycles. The Labute approximate surface area is 129 Å². The Bertz CT molecular complexity index is 529. The summed E-state index contributed by atoms with van der Waals surface area (Å²) in [6, 6.07) is 1.27. The number of rotatable bonds is 5. The van der Waals surface area contributed by atoms with Crippen molar-refractivity contribution in [3.63, 3.8) is 0 Å². The first-order chi connectivity index (χ1) is 10.5. The van der Waals surface area contributed by atoms with Gasteiger partial charge < -0.3 is 19.8 Å². The highest BCUT2D eigenvalue weighted by atomic mass is 16.5. The van der Waals surface area contributed by atoms with Gasteiger partial charge >= 0.3 is 0 Å². The molecule has 7 nitrogen and oxygen atoms in total. The topological polar surface area (TPSA) is 87.8 Å². The van der Waals surface area contributed by atoms with Crippen LogP contribution in [0.2, 0.25) is 0 Å². The van der Waals surface area contributed by atoms with E-state index >= 15 is 0 Å². The summed E-state index contributed by atoms with van der Waals surface area (Å²) in [4.78, 5) is 14.0. The molecule has 1 fully saturated rings. The number of nitrogens with zero attached hydrogens (tertiary/aromatic N) is 3. The normalized spacial score (nSPS) is 25.5. The lowest BCUT2D eigenvalue weighted by atomic mass is 10.0. The number of carbonyl (C=O) groups is 1. The molecule has 1 aliphatic rings. The number of ether oxygens (including phenoxy) is 1. The maximum atomic E-state index is 12.5. The Morgan fingerprint density at radius 2 is 2.32 bits per heavy atom. The van der Waals surface area contributed by atoms with Crippen LogP contribution in [0.1, 0.15) is 19.0 Å². The molecule has 0 saturated carbocycles. The molecule has 22 heavy (non-hydrogen) atoms. The largest absolute Gasteiger partial charge is 0.388 e. The molecule has 0 spiro atoms. The number of aromatic nitrogens is 2. The van der Waals surface area contributed by atoms with E-state index in [4.69, 9.17) is 4.74 Å². The van der Waals surface area contributed by atoms with Gasteiger partial charge in [0.15, 0.2) is 0 Å². The van der Waals surface area contributed by atoms with E-state index in [0.717, 1.165) is 12.1 Å². The summed E-state index contributed by atoms with van der Waals surface area (Å²) < 4.78 is 6.93. The zero-order chi connectivity index (χ0) is 16.1. The van der Waals surface area contributed by atoms with Gasteiger partial charge in [-0.05, 0) is 18.6 Å². The Balaban J connectivity index is 2.11. The summed E-state index contributed by atoms with van der Waals surface area (Å²) in [5, 5.41) is 23.9. The van der Waals surface area contributed by atoms with Gasteiger partial charge in [0.2, 0.25) is 5.91 Å². The second-order valence-corrected chi connectivity index (χ2v) is 5.41. The molecule has 1 saturated heterocycles. The Morgan fingerprint density at radius 1 is 1.55 bits per heavy atom. The number of aliphatic hydroxyl groups is 2. The molecule has 1 aromatic rings. The molecule has 0 bridgehead atoms. The Kier molecular flexibility index (Phi) is 5.70. The van der Waals surface area contributed by atoms with Crippen molar-refractivity contribution in [2.24, 2.45) is 7.05 Å². The molecular weight excluding hydrogens is 286 g/mol. The van der Waals surface area contributed by atoms with Crippen LogP contribution in [0.5, 0.6) is 0 Å². The zero-order valence-electron chi connectivity index (χ0n) is 12.9. The van der Waals surface area contributed by atoms with E-state index in [1.165, 1.54) is 6.08 Å². The predicted octanol–water partition coefficient (Wildman–Crippen LogP) is -0.208. The van der Waals surface area contributed by atoms with E-state index < -0.39 is 18.2 Å². The molecule has 3 atom stereocenters. The minimum Gasteiger partial charge on any atom is -0.388 e.